The zero-order valence-electron chi connectivity index (χ0n) is 22.5. The molecule has 2 aromatic heterocycles. The number of alkyl carbamates (subject to hydrolysis) is 1. The molecular formula is C29H38N4O4. The van der Waals surface area contributed by atoms with Crippen molar-refractivity contribution in [3.05, 3.63) is 42.2 Å². The standard InChI is InChI=1S/C29H38N4O4/c1-28(2,3)37-27(34)32-29(4,5)20-11-13-23(30-16-20)21-12-14-24-22(26(21)36-18-19-9-10-19)17-31-33(24)25-8-6-7-15-35-25/h11-14,16-17,19,25H,6-10,15,18H2,1-5H3,(H,32,34). The van der Waals surface area contributed by atoms with Crippen molar-refractivity contribution in [3.8, 4) is 17.0 Å². The first-order chi connectivity index (χ1) is 17.6. The number of benzene rings is 1. The first-order valence-electron chi connectivity index (χ1n) is 13.3. The maximum atomic E-state index is 12.4. The molecule has 2 fully saturated rings. The van der Waals surface area contributed by atoms with Gasteiger partial charge < -0.3 is 19.5 Å². The third-order valence-corrected chi connectivity index (χ3v) is 6.89. The summed E-state index contributed by atoms with van der Waals surface area (Å²) < 4.78 is 19.8. The average molecular weight is 507 g/mol. The van der Waals surface area contributed by atoms with Crippen LogP contribution in [0.15, 0.2) is 36.7 Å². The highest BCUT2D eigenvalue weighted by Gasteiger charge is 2.28. The Morgan fingerprint density at radius 3 is 2.54 bits per heavy atom. The van der Waals surface area contributed by atoms with E-state index in [9.17, 15) is 4.79 Å². The molecule has 1 atom stereocenters. The highest BCUT2D eigenvalue weighted by molar-refractivity contribution is 5.92. The number of carbonyl (C=O) groups is 1. The molecule has 0 bridgehead atoms. The minimum atomic E-state index is -0.649. The average Bonchev–Trinajstić information content (AvgIpc) is 3.57. The van der Waals surface area contributed by atoms with Gasteiger partial charge in [-0.1, -0.05) is 6.07 Å². The molecule has 1 saturated carbocycles. The zero-order valence-corrected chi connectivity index (χ0v) is 22.5. The van der Waals surface area contributed by atoms with Crippen LogP contribution in [0.5, 0.6) is 5.75 Å². The van der Waals surface area contributed by atoms with E-state index in [0.717, 1.165) is 59.3 Å². The molecular weight excluding hydrogens is 468 g/mol. The van der Waals surface area contributed by atoms with Gasteiger partial charge in [0, 0.05) is 18.4 Å². The number of rotatable bonds is 7. The van der Waals surface area contributed by atoms with Gasteiger partial charge in [0.2, 0.25) is 0 Å². The fourth-order valence-electron chi connectivity index (χ4n) is 4.64. The monoisotopic (exact) mass is 506 g/mol. The third kappa shape index (κ3) is 5.90. The quantitative estimate of drug-likeness (QED) is 0.402. The predicted octanol–water partition coefficient (Wildman–Crippen LogP) is 6.35. The molecule has 0 radical (unpaired) electrons. The number of nitrogens with one attached hydrogen (secondary N) is 1. The molecule has 37 heavy (non-hydrogen) atoms. The van der Waals surface area contributed by atoms with Crippen molar-refractivity contribution >= 4 is 17.0 Å². The van der Waals surface area contributed by atoms with Crippen LogP contribution < -0.4 is 10.1 Å². The molecule has 1 saturated heterocycles. The summed E-state index contributed by atoms with van der Waals surface area (Å²) in [6.07, 6.45) is 8.84. The van der Waals surface area contributed by atoms with Crippen molar-refractivity contribution < 1.29 is 19.0 Å². The largest absolute Gasteiger partial charge is 0.492 e. The number of hydrogen-bond donors (Lipinski definition) is 1. The van der Waals surface area contributed by atoms with Crippen LogP contribution in [0.1, 0.15) is 78.5 Å². The smallest absolute Gasteiger partial charge is 0.408 e. The lowest BCUT2D eigenvalue weighted by molar-refractivity contribution is -0.0366. The van der Waals surface area contributed by atoms with Crippen LogP contribution >= 0.6 is 0 Å². The Morgan fingerprint density at radius 2 is 1.89 bits per heavy atom. The van der Waals surface area contributed by atoms with E-state index in [1.807, 2.05) is 57.6 Å². The van der Waals surface area contributed by atoms with Crippen molar-refractivity contribution in [3.63, 3.8) is 0 Å². The van der Waals surface area contributed by atoms with Crippen molar-refractivity contribution in [2.75, 3.05) is 13.2 Å². The molecule has 1 N–H and O–H groups in total. The van der Waals surface area contributed by atoms with E-state index in [1.54, 1.807) is 6.20 Å². The summed E-state index contributed by atoms with van der Waals surface area (Å²) in [5.74, 6) is 1.44. The maximum absolute atomic E-state index is 12.4. The number of hydrogen-bond acceptors (Lipinski definition) is 6. The Labute approximate surface area is 218 Å². The second-order valence-corrected chi connectivity index (χ2v) is 11.7. The summed E-state index contributed by atoms with van der Waals surface area (Å²) in [5.41, 5.74) is 2.43. The fourth-order valence-corrected chi connectivity index (χ4v) is 4.64. The summed E-state index contributed by atoms with van der Waals surface area (Å²) in [5, 5.41) is 8.62. The molecule has 1 amide bonds. The Bertz CT molecular complexity index is 1250. The van der Waals surface area contributed by atoms with Crippen molar-refractivity contribution in [2.24, 2.45) is 5.92 Å². The number of ether oxygens (including phenoxy) is 3. The van der Waals surface area contributed by atoms with Crippen molar-refractivity contribution in [2.45, 2.75) is 84.1 Å². The molecule has 2 aliphatic rings. The first kappa shape index (κ1) is 25.5. The molecule has 198 valence electrons. The minimum Gasteiger partial charge on any atom is -0.492 e. The predicted molar refractivity (Wildman–Crippen MR) is 142 cm³/mol. The summed E-state index contributed by atoms with van der Waals surface area (Å²) in [7, 11) is 0. The summed E-state index contributed by atoms with van der Waals surface area (Å²) in [4.78, 5) is 17.1. The van der Waals surface area contributed by atoms with E-state index in [0.29, 0.717) is 12.5 Å². The van der Waals surface area contributed by atoms with Gasteiger partial charge in [-0.05, 0) is 96.4 Å². The number of carbonyl (C=O) groups excluding carboxylic acids is 1. The molecule has 3 heterocycles. The normalized spacial score (nSPS) is 18.6. The highest BCUT2D eigenvalue weighted by Crippen LogP contribution is 2.40. The van der Waals surface area contributed by atoms with E-state index < -0.39 is 17.2 Å². The summed E-state index contributed by atoms with van der Waals surface area (Å²) in [6.45, 7) is 10.9. The van der Waals surface area contributed by atoms with Crippen molar-refractivity contribution in [1.29, 1.82) is 0 Å². The van der Waals surface area contributed by atoms with Crippen LogP contribution in [0.25, 0.3) is 22.2 Å². The van der Waals surface area contributed by atoms with E-state index in [2.05, 4.69) is 17.4 Å². The van der Waals surface area contributed by atoms with Crippen LogP contribution in [0.2, 0.25) is 0 Å². The highest BCUT2D eigenvalue weighted by atomic mass is 16.6. The van der Waals surface area contributed by atoms with Crippen LogP contribution in [-0.2, 0) is 15.0 Å². The van der Waals surface area contributed by atoms with E-state index in [1.165, 1.54) is 12.8 Å². The number of amides is 1. The first-order valence-corrected chi connectivity index (χ1v) is 13.3. The molecule has 1 unspecified atom stereocenters. The molecule has 0 spiro atoms. The van der Waals surface area contributed by atoms with Crippen LogP contribution in [-0.4, -0.2) is 39.7 Å². The SMILES string of the molecule is CC(C)(C)OC(=O)NC(C)(C)c1ccc(-c2ccc3c(cnn3C3CCCCO3)c2OCC2CC2)nc1. The van der Waals surface area contributed by atoms with E-state index >= 15 is 0 Å². The Balaban J connectivity index is 1.43. The van der Waals surface area contributed by atoms with Crippen LogP contribution in [0.3, 0.4) is 0 Å². The van der Waals surface area contributed by atoms with Crippen LogP contribution in [0, 0.1) is 5.92 Å². The number of fused-ring (bicyclic) bond motifs is 1. The van der Waals surface area contributed by atoms with Gasteiger partial charge in [-0.25, -0.2) is 9.48 Å². The number of pyridine rings is 1. The molecule has 8 nitrogen and oxygen atoms in total. The Kier molecular flexibility index (Phi) is 6.88. The molecule has 5 rings (SSSR count). The van der Waals surface area contributed by atoms with Gasteiger partial charge in [0.05, 0.1) is 34.9 Å². The van der Waals surface area contributed by atoms with Gasteiger partial charge in [0.15, 0.2) is 6.23 Å². The van der Waals surface area contributed by atoms with Gasteiger partial charge in [-0.3, -0.25) is 4.98 Å². The minimum absolute atomic E-state index is 0.0366. The molecule has 1 aliphatic heterocycles. The molecule has 1 aromatic carbocycles. The fraction of sp³-hybridized carbons (Fsp3) is 0.552. The van der Waals surface area contributed by atoms with Crippen LogP contribution in [0.4, 0.5) is 4.79 Å². The zero-order chi connectivity index (χ0) is 26.2. The van der Waals surface area contributed by atoms with E-state index in [-0.39, 0.29) is 6.23 Å². The second-order valence-electron chi connectivity index (χ2n) is 11.7. The second kappa shape index (κ2) is 9.97. The number of nitrogens with zero attached hydrogens (tertiary/aromatic N) is 3. The van der Waals surface area contributed by atoms with Gasteiger partial charge in [-0.15, -0.1) is 0 Å². The lowest BCUT2D eigenvalue weighted by Crippen LogP contribution is -2.43. The van der Waals surface area contributed by atoms with Gasteiger partial charge in [0.25, 0.3) is 0 Å². The Morgan fingerprint density at radius 1 is 1.08 bits per heavy atom. The molecule has 1 aliphatic carbocycles. The summed E-state index contributed by atoms with van der Waals surface area (Å²) in [6, 6.07) is 8.13. The maximum Gasteiger partial charge on any atom is 0.408 e. The Hall–Kier alpha value is -3.13. The van der Waals surface area contributed by atoms with Crippen molar-refractivity contribution in [1.82, 2.24) is 20.1 Å². The van der Waals surface area contributed by atoms with Gasteiger partial charge >= 0.3 is 6.09 Å². The lowest BCUT2D eigenvalue weighted by Gasteiger charge is -2.29. The van der Waals surface area contributed by atoms with E-state index in [4.69, 9.17) is 24.3 Å². The molecule has 3 aromatic rings. The molecule has 8 heteroatoms. The summed E-state index contributed by atoms with van der Waals surface area (Å²) >= 11 is 0. The number of aromatic nitrogens is 3. The van der Waals surface area contributed by atoms with Gasteiger partial charge in [-0.2, -0.15) is 5.10 Å². The van der Waals surface area contributed by atoms with Gasteiger partial charge in [0.1, 0.15) is 11.4 Å². The topological polar surface area (TPSA) is 87.5 Å². The lowest BCUT2D eigenvalue weighted by atomic mass is 9.95. The third-order valence-electron chi connectivity index (χ3n) is 6.89.